The molecule has 0 aliphatic carbocycles. The summed E-state index contributed by atoms with van der Waals surface area (Å²) in [5.74, 6) is 0. The maximum Gasteiger partial charge on any atom is 0.243 e. The summed E-state index contributed by atoms with van der Waals surface area (Å²) in [5.41, 5.74) is 0. The van der Waals surface area contributed by atoms with Crippen LogP contribution in [-0.2, 0) is 21.3 Å². The Hall–Kier alpha value is -0.960. The normalized spacial score (nSPS) is 11.9. The summed E-state index contributed by atoms with van der Waals surface area (Å²) in [7, 11) is 0.105. The second-order valence-electron chi connectivity index (χ2n) is 4.85. The number of ether oxygens (including phenoxy) is 1. The summed E-state index contributed by atoms with van der Waals surface area (Å²) in [6, 6.07) is 0. The average Bonchev–Trinajstić information content (AvgIpc) is 2.93. The molecule has 21 heavy (non-hydrogen) atoms. The first-order valence-electron chi connectivity index (χ1n) is 7.26. The van der Waals surface area contributed by atoms with E-state index in [4.69, 9.17) is 4.74 Å². The van der Waals surface area contributed by atoms with Crippen LogP contribution in [0.5, 0.6) is 0 Å². The molecule has 1 rings (SSSR count). The quantitative estimate of drug-likeness (QED) is 0.551. The molecule has 1 aromatic rings. The van der Waals surface area contributed by atoms with E-state index < -0.39 is 10.0 Å². The lowest BCUT2D eigenvalue weighted by Crippen LogP contribution is -2.24. The first-order valence-corrected chi connectivity index (χ1v) is 8.74. The molecule has 0 spiro atoms. The van der Waals surface area contributed by atoms with E-state index in [1.165, 1.54) is 6.20 Å². The van der Waals surface area contributed by atoms with Crippen LogP contribution >= 0.6 is 0 Å². The Morgan fingerprint density at radius 3 is 2.76 bits per heavy atom. The number of unbranched alkanes of at least 4 members (excludes halogenated alkanes) is 2. The smallest absolute Gasteiger partial charge is 0.243 e. The first kappa shape index (κ1) is 18.1. The van der Waals surface area contributed by atoms with E-state index in [9.17, 15) is 8.42 Å². The van der Waals surface area contributed by atoms with E-state index in [0.717, 1.165) is 32.2 Å². The summed E-state index contributed by atoms with van der Waals surface area (Å²) in [4.78, 5) is 0.226. The van der Waals surface area contributed by atoms with Gasteiger partial charge in [0.2, 0.25) is 10.0 Å². The minimum atomic E-state index is -3.44. The van der Waals surface area contributed by atoms with Crippen molar-refractivity contribution in [3.05, 3.63) is 12.4 Å². The SMILES string of the molecule is CNCCCn1cc(S(=O)(=O)NCCCCCOC)cn1. The van der Waals surface area contributed by atoms with Crippen LogP contribution in [-0.4, -0.2) is 52.1 Å². The molecule has 0 saturated heterocycles. The third-order valence-electron chi connectivity index (χ3n) is 3.05. The summed E-state index contributed by atoms with van der Waals surface area (Å²) in [5, 5.41) is 7.12. The molecule has 0 fully saturated rings. The Morgan fingerprint density at radius 1 is 1.24 bits per heavy atom. The third kappa shape index (κ3) is 7.03. The molecule has 8 heteroatoms. The van der Waals surface area contributed by atoms with Crippen LogP contribution in [0.2, 0.25) is 0 Å². The fraction of sp³-hybridized carbons (Fsp3) is 0.769. The highest BCUT2D eigenvalue weighted by Gasteiger charge is 2.15. The molecule has 0 bridgehead atoms. The highest BCUT2D eigenvalue weighted by atomic mass is 32.2. The molecule has 0 amide bonds. The minimum absolute atomic E-state index is 0.226. The largest absolute Gasteiger partial charge is 0.385 e. The molecule has 0 radical (unpaired) electrons. The van der Waals surface area contributed by atoms with Crippen LogP contribution in [0.4, 0.5) is 0 Å². The maximum absolute atomic E-state index is 12.1. The van der Waals surface area contributed by atoms with Crippen molar-refractivity contribution in [1.29, 1.82) is 0 Å². The van der Waals surface area contributed by atoms with Gasteiger partial charge in [0.25, 0.3) is 0 Å². The zero-order chi connectivity index (χ0) is 15.6. The van der Waals surface area contributed by atoms with E-state index in [0.29, 0.717) is 19.7 Å². The van der Waals surface area contributed by atoms with E-state index in [2.05, 4.69) is 15.1 Å². The lowest BCUT2D eigenvalue weighted by molar-refractivity contribution is 0.192. The predicted octanol–water partition coefficient (Wildman–Crippen LogP) is 0.588. The van der Waals surface area contributed by atoms with Gasteiger partial charge in [-0.3, -0.25) is 4.68 Å². The van der Waals surface area contributed by atoms with Gasteiger partial charge in [0, 0.05) is 33.0 Å². The van der Waals surface area contributed by atoms with Gasteiger partial charge in [0.05, 0.1) is 6.20 Å². The highest BCUT2D eigenvalue weighted by Crippen LogP contribution is 2.07. The van der Waals surface area contributed by atoms with Crippen molar-refractivity contribution in [2.75, 3.05) is 33.9 Å². The molecule has 7 nitrogen and oxygen atoms in total. The molecular weight excluding hydrogens is 292 g/mol. The fourth-order valence-corrected chi connectivity index (χ4v) is 2.89. The summed E-state index contributed by atoms with van der Waals surface area (Å²) in [6.45, 7) is 2.73. The van der Waals surface area contributed by atoms with E-state index in [1.54, 1.807) is 18.0 Å². The molecule has 2 N–H and O–H groups in total. The average molecular weight is 318 g/mol. The molecule has 1 aromatic heterocycles. The van der Waals surface area contributed by atoms with Crippen molar-refractivity contribution in [3.8, 4) is 0 Å². The lowest BCUT2D eigenvalue weighted by atomic mass is 10.2. The maximum atomic E-state index is 12.1. The van der Waals surface area contributed by atoms with E-state index in [1.807, 2.05) is 7.05 Å². The van der Waals surface area contributed by atoms with E-state index in [-0.39, 0.29) is 4.90 Å². The second kappa shape index (κ2) is 9.88. The molecule has 1 heterocycles. The zero-order valence-electron chi connectivity index (χ0n) is 12.8. The first-order chi connectivity index (χ1) is 10.1. The molecule has 0 atom stereocenters. The molecule has 0 aliphatic heterocycles. The highest BCUT2D eigenvalue weighted by molar-refractivity contribution is 7.89. The Balaban J connectivity index is 2.36. The van der Waals surface area contributed by atoms with Crippen molar-refractivity contribution in [2.24, 2.45) is 0 Å². The van der Waals surface area contributed by atoms with Crippen LogP contribution in [0.25, 0.3) is 0 Å². The molecule has 0 saturated carbocycles. The van der Waals surface area contributed by atoms with Gasteiger partial charge in [-0.05, 0) is 39.3 Å². The Labute approximate surface area is 127 Å². The van der Waals surface area contributed by atoms with Crippen LogP contribution < -0.4 is 10.0 Å². The Morgan fingerprint density at radius 2 is 2.05 bits per heavy atom. The third-order valence-corrected chi connectivity index (χ3v) is 4.47. The van der Waals surface area contributed by atoms with Crippen molar-refractivity contribution in [1.82, 2.24) is 19.8 Å². The number of sulfonamides is 1. The minimum Gasteiger partial charge on any atom is -0.385 e. The van der Waals surface area contributed by atoms with Gasteiger partial charge < -0.3 is 10.1 Å². The summed E-state index contributed by atoms with van der Waals surface area (Å²) >= 11 is 0. The zero-order valence-corrected chi connectivity index (χ0v) is 13.7. The molecule has 0 aromatic carbocycles. The van der Waals surface area contributed by atoms with Gasteiger partial charge in [-0.15, -0.1) is 0 Å². The van der Waals surface area contributed by atoms with E-state index >= 15 is 0 Å². The Bertz CT molecular complexity index is 487. The number of hydrogen-bond donors (Lipinski definition) is 2. The fourth-order valence-electron chi connectivity index (χ4n) is 1.86. The Kier molecular flexibility index (Phi) is 8.51. The number of nitrogens with one attached hydrogen (secondary N) is 2. The summed E-state index contributed by atoms with van der Waals surface area (Å²) in [6.07, 6.45) is 6.57. The predicted molar refractivity (Wildman–Crippen MR) is 81.7 cm³/mol. The van der Waals surface area contributed by atoms with Crippen LogP contribution in [0.1, 0.15) is 25.7 Å². The molecule has 0 aliphatic rings. The number of aryl methyl sites for hydroxylation is 1. The van der Waals surface area contributed by atoms with Crippen molar-refractivity contribution >= 4 is 10.0 Å². The van der Waals surface area contributed by atoms with Crippen molar-refractivity contribution in [2.45, 2.75) is 37.1 Å². The van der Waals surface area contributed by atoms with Crippen LogP contribution in [0.15, 0.2) is 17.3 Å². The number of methoxy groups -OCH3 is 1. The van der Waals surface area contributed by atoms with Crippen molar-refractivity contribution < 1.29 is 13.2 Å². The standard InChI is InChI=1S/C13H26N4O3S/c1-14-7-6-9-17-12-13(11-15-17)21(18,19)16-8-4-3-5-10-20-2/h11-12,14,16H,3-10H2,1-2H3. The van der Waals surface area contributed by atoms with Gasteiger partial charge in [-0.1, -0.05) is 0 Å². The number of aromatic nitrogens is 2. The van der Waals surface area contributed by atoms with Gasteiger partial charge in [-0.2, -0.15) is 5.10 Å². The lowest BCUT2D eigenvalue weighted by Gasteiger charge is -2.04. The van der Waals surface area contributed by atoms with Crippen molar-refractivity contribution in [3.63, 3.8) is 0 Å². The summed E-state index contributed by atoms with van der Waals surface area (Å²) < 4.78 is 33.3. The topological polar surface area (TPSA) is 85.2 Å². The molecule has 0 unspecified atom stereocenters. The molecular formula is C13H26N4O3S. The second-order valence-corrected chi connectivity index (χ2v) is 6.61. The number of nitrogens with zero attached hydrogens (tertiary/aromatic N) is 2. The molecule has 122 valence electrons. The van der Waals surface area contributed by atoms with Crippen LogP contribution in [0, 0.1) is 0 Å². The monoisotopic (exact) mass is 318 g/mol. The van der Waals surface area contributed by atoms with Gasteiger partial charge in [0.15, 0.2) is 0 Å². The van der Waals surface area contributed by atoms with Crippen LogP contribution in [0.3, 0.4) is 0 Å². The number of hydrogen-bond acceptors (Lipinski definition) is 5. The number of rotatable bonds is 12. The van der Waals surface area contributed by atoms with Gasteiger partial charge in [0.1, 0.15) is 4.90 Å². The van der Waals surface area contributed by atoms with Gasteiger partial charge in [-0.25, -0.2) is 13.1 Å². The van der Waals surface area contributed by atoms with Gasteiger partial charge >= 0.3 is 0 Å².